The summed E-state index contributed by atoms with van der Waals surface area (Å²) in [6, 6.07) is 4.18. The molecule has 0 atom stereocenters. The van der Waals surface area contributed by atoms with Crippen molar-refractivity contribution >= 4 is 19.0 Å². The van der Waals surface area contributed by atoms with E-state index in [1.54, 1.807) is 0 Å². The number of hydrogen-bond acceptors (Lipinski definition) is 5. The first kappa shape index (κ1) is 19.2. The first-order valence-electron chi connectivity index (χ1n) is 9.75. The highest BCUT2D eigenvalue weighted by Crippen LogP contribution is 2.32. The van der Waals surface area contributed by atoms with Gasteiger partial charge in [0.15, 0.2) is 13.6 Å². The van der Waals surface area contributed by atoms with Crippen LogP contribution in [0.2, 0.25) is 0 Å². The average Bonchev–Trinajstić information content (AvgIpc) is 3.03. The number of hydrogen-bond donors (Lipinski definition) is 0. The lowest BCUT2D eigenvalue weighted by Crippen LogP contribution is -2.31. The lowest BCUT2D eigenvalue weighted by molar-refractivity contribution is 0.270. The van der Waals surface area contributed by atoms with Gasteiger partial charge in [0, 0.05) is 11.9 Å². The predicted molar refractivity (Wildman–Crippen MR) is 106 cm³/mol. The minimum Gasteiger partial charge on any atom is -0.493 e. The normalized spacial score (nSPS) is 16.6. The monoisotopic (exact) mass is 355 g/mol. The van der Waals surface area contributed by atoms with E-state index in [1.807, 2.05) is 4.81 Å². The second-order valence-electron chi connectivity index (χ2n) is 7.65. The minimum absolute atomic E-state index is 0.715. The Kier molecular flexibility index (Phi) is 6.60. The molecule has 1 aliphatic heterocycles. The summed E-state index contributed by atoms with van der Waals surface area (Å²) in [4.78, 5) is 4.06. The molecule has 2 aromatic rings. The van der Waals surface area contributed by atoms with Crippen LogP contribution in [-0.2, 0) is 13.0 Å². The summed E-state index contributed by atoms with van der Waals surface area (Å²) in [6.07, 6.45) is 5.44. The van der Waals surface area contributed by atoms with Crippen LogP contribution in [-0.4, -0.2) is 56.6 Å². The molecule has 0 N–H and O–H groups in total. The minimum atomic E-state index is 0.715. The molecule has 1 aromatic heterocycles. The van der Waals surface area contributed by atoms with Crippen LogP contribution in [0.25, 0.3) is 11.0 Å². The van der Waals surface area contributed by atoms with Gasteiger partial charge in [-0.3, -0.25) is 0 Å². The van der Waals surface area contributed by atoms with Crippen molar-refractivity contribution in [3.8, 4) is 5.75 Å². The molecular formula is C20H30BN3O2. The van der Waals surface area contributed by atoms with Crippen molar-refractivity contribution in [2.75, 3.05) is 33.8 Å². The molecule has 0 unspecified atom stereocenters. The highest BCUT2D eigenvalue weighted by molar-refractivity contribution is 6.04. The van der Waals surface area contributed by atoms with Crippen LogP contribution in [0.1, 0.15) is 43.9 Å². The van der Waals surface area contributed by atoms with Crippen LogP contribution in [0.4, 0.5) is 0 Å². The third-order valence-electron chi connectivity index (χ3n) is 5.15. The van der Waals surface area contributed by atoms with Crippen molar-refractivity contribution in [2.24, 2.45) is 5.92 Å². The molecule has 2 heterocycles. The maximum atomic E-state index is 5.94. The molecule has 5 nitrogen and oxygen atoms in total. The maximum Gasteiger partial charge on any atom is 0.182 e. The van der Waals surface area contributed by atoms with E-state index in [1.165, 1.54) is 12.8 Å². The fourth-order valence-corrected chi connectivity index (χ4v) is 3.67. The van der Waals surface area contributed by atoms with Gasteiger partial charge in [0.25, 0.3) is 0 Å². The van der Waals surface area contributed by atoms with E-state index in [0.717, 1.165) is 72.8 Å². The van der Waals surface area contributed by atoms with Gasteiger partial charge in [0.2, 0.25) is 0 Å². The quantitative estimate of drug-likeness (QED) is 0.679. The third kappa shape index (κ3) is 4.60. The lowest BCUT2D eigenvalue weighted by atomic mass is 9.90. The van der Waals surface area contributed by atoms with E-state index in [2.05, 4.69) is 43.2 Å². The molecule has 3 rings (SSSR count). The van der Waals surface area contributed by atoms with Crippen LogP contribution < -0.4 is 4.74 Å². The fraction of sp³-hybridized carbons (Fsp3) is 0.650. The number of nitrogens with zero attached hydrogens (tertiary/aromatic N) is 3. The van der Waals surface area contributed by atoms with Crippen molar-refractivity contribution in [2.45, 2.75) is 45.6 Å². The van der Waals surface area contributed by atoms with Gasteiger partial charge >= 0.3 is 0 Å². The van der Waals surface area contributed by atoms with Gasteiger partial charge in [-0.15, -0.1) is 0 Å². The number of rotatable bonds is 8. The van der Waals surface area contributed by atoms with Gasteiger partial charge in [0.05, 0.1) is 17.9 Å². The largest absolute Gasteiger partial charge is 0.493 e. The number of fused-ring (bicyclic) bond motifs is 1. The second-order valence-corrected chi connectivity index (χ2v) is 7.65. The molecule has 0 aliphatic carbocycles. The molecule has 1 fully saturated rings. The zero-order chi connectivity index (χ0) is 18.5. The summed E-state index contributed by atoms with van der Waals surface area (Å²) < 4.78 is 11.7. The van der Waals surface area contributed by atoms with Gasteiger partial charge in [-0.2, -0.15) is 0 Å². The molecule has 26 heavy (non-hydrogen) atoms. The van der Waals surface area contributed by atoms with Gasteiger partial charge in [0.1, 0.15) is 5.75 Å². The fourth-order valence-electron chi connectivity index (χ4n) is 3.67. The Hall–Kier alpha value is -1.53. The summed E-state index contributed by atoms with van der Waals surface area (Å²) in [5.74, 6) is 1.64. The Balaban J connectivity index is 1.77. The zero-order valence-electron chi connectivity index (χ0n) is 16.3. The topological polar surface area (TPSA) is 41.7 Å². The summed E-state index contributed by atoms with van der Waals surface area (Å²) in [5.41, 5.74) is 3.03. The summed E-state index contributed by atoms with van der Waals surface area (Å²) in [7, 11) is 9.98. The highest BCUT2D eigenvalue weighted by Gasteiger charge is 2.20. The molecule has 0 saturated carbocycles. The maximum absolute atomic E-state index is 5.94. The lowest BCUT2D eigenvalue weighted by Gasteiger charge is -2.29. The zero-order valence-corrected chi connectivity index (χ0v) is 16.3. The molecular weight excluding hydrogens is 325 g/mol. The van der Waals surface area contributed by atoms with Crippen molar-refractivity contribution in [1.29, 1.82) is 0 Å². The van der Waals surface area contributed by atoms with E-state index in [9.17, 15) is 0 Å². The summed E-state index contributed by atoms with van der Waals surface area (Å²) >= 11 is 0. The molecule has 1 aliphatic rings. The third-order valence-corrected chi connectivity index (χ3v) is 5.15. The van der Waals surface area contributed by atoms with Crippen LogP contribution in [0, 0.1) is 5.92 Å². The molecule has 6 heteroatoms. The SMILES string of the molecule is [B]N1CCC(CCc2noc3c(CN(C)C)c(OCCC)ccc23)CC1. The number of aromatic nitrogens is 1. The van der Waals surface area contributed by atoms with Gasteiger partial charge in [-0.1, -0.05) is 12.1 Å². The van der Waals surface area contributed by atoms with Gasteiger partial charge in [-0.25, -0.2) is 0 Å². The molecule has 2 radical (unpaired) electrons. The van der Waals surface area contributed by atoms with Crippen LogP contribution in [0.3, 0.4) is 0 Å². The number of piperidine rings is 1. The number of benzene rings is 1. The summed E-state index contributed by atoms with van der Waals surface area (Å²) in [6.45, 7) is 5.60. The molecule has 1 saturated heterocycles. The smallest absolute Gasteiger partial charge is 0.182 e. The van der Waals surface area contributed by atoms with E-state index in [0.29, 0.717) is 6.61 Å². The Labute approximate surface area is 158 Å². The first-order valence-corrected chi connectivity index (χ1v) is 9.75. The Morgan fingerprint density at radius 1 is 1.31 bits per heavy atom. The van der Waals surface area contributed by atoms with Crippen LogP contribution in [0.5, 0.6) is 5.75 Å². The van der Waals surface area contributed by atoms with E-state index < -0.39 is 0 Å². The molecule has 1 aromatic carbocycles. The number of aryl methyl sites for hydroxylation is 1. The second kappa shape index (κ2) is 8.91. The molecule has 0 spiro atoms. The Morgan fingerprint density at radius 3 is 2.77 bits per heavy atom. The van der Waals surface area contributed by atoms with E-state index in [4.69, 9.17) is 17.2 Å². The Morgan fingerprint density at radius 2 is 2.08 bits per heavy atom. The van der Waals surface area contributed by atoms with E-state index >= 15 is 0 Å². The van der Waals surface area contributed by atoms with E-state index in [-0.39, 0.29) is 0 Å². The molecule has 0 bridgehead atoms. The van der Waals surface area contributed by atoms with Gasteiger partial charge in [-0.05, 0) is 77.3 Å². The number of ether oxygens (including phenoxy) is 1. The highest BCUT2D eigenvalue weighted by atomic mass is 16.5. The standard InChI is InChI=1S/C20H30BN3O2/c1-4-13-25-19-8-6-16-18(7-5-15-9-11-24(21)12-10-15)22-26-20(16)17(19)14-23(2)3/h6,8,15H,4-5,7,9-14H2,1-3H3. The first-order chi connectivity index (χ1) is 12.6. The van der Waals surface area contributed by atoms with Crippen molar-refractivity contribution in [1.82, 2.24) is 14.9 Å². The molecule has 0 amide bonds. The van der Waals surface area contributed by atoms with Crippen LogP contribution in [0.15, 0.2) is 16.7 Å². The Bertz CT molecular complexity index is 708. The average molecular weight is 355 g/mol. The van der Waals surface area contributed by atoms with Crippen molar-refractivity contribution in [3.05, 3.63) is 23.4 Å². The summed E-state index contributed by atoms with van der Waals surface area (Å²) in [5, 5.41) is 5.53. The van der Waals surface area contributed by atoms with Crippen LogP contribution >= 0.6 is 0 Å². The van der Waals surface area contributed by atoms with Crippen molar-refractivity contribution < 1.29 is 9.26 Å². The predicted octanol–water partition coefficient (Wildman–Crippen LogP) is 3.41. The van der Waals surface area contributed by atoms with Gasteiger partial charge < -0.3 is 19.0 Å². The van der Waals surface area contributed by atoms with Crippen molar-refractivity contribution in [3.63, 3.8) is 0 Å². The molecule has 140 valence electrons.